The Kier molecular flexibility index (Phi) is 3.92. The van der Waals surface area contributed by atoms with Crippen molar-refractivity contribution in [3.8, 4) is 11.3 Å². The highest BCUT2D eigenvalue weighted by Crippen LogP contribution is 2.23. The molecule has 3 nitrogen and oxygen atoms in total. The molecule has 0 atom stereocenters. The Labute approximate surface area is 117 Å². The second kappa shape index (κ2) is 5.31. The van der Waals surface area contributed by atoms with Crippen LogP contribution in [0, 0.1) is 5.82 Å². The van der Waals surface area contributed by atoms with Crippen molar-refractivity contribution in [2.45, 2.75) is 32.9 Å². The fourth-order valence-electron chi connectivity index (χ4n) is 1.62. The van der Waals surface area contributed by atoms with Gasteiger partial charge in [0.2, 0.25) is 0 Å². The smallest absolute Gasteiger partial charge is 0.141 e. The van der Waals surface area contributed by atoms with E-state index in [-0.39, 0.29) is 10.6 Å². The molecule has 0 fully saturated rings. The summed E-state index contributed by atoms with van der Waals surface area (Å²) < 4.78 is 13.1. The number of H-pyrrole nitrogens is 1. The number of halogens is 2. The highest BCUT2D eigenvalue weighted by Gasteiger charge is 2.11. The van der Waals surface area contributed by atoms with Crippen LogP contribution in [0.1, 0.15) is 26.5 Å². The Morgan fingerprint density at radius 3 is 2.68 bits per heavy atom. The molecular formula is C14H17ClFN3. The number of hydrogen-bond acceptors (Lipinski definition) is 2. The third kappa shape index (κ3) is 3.78. The van der Waals surface area contributed by atoms with E-state index in [9.17, 15) is 4.39 Å². The van der Waals surface area contributed by atoms with Crippen molar-refractivity contribution < 1.29 is 4.39 Å². The second-order valence-electron chi connectivity index (χ2n) is 5.51. The molecule has 0 spiro atoms. The molecule has 0 saturated carbocycles. The number of rotatable bonds is 3. The van der Waals surface area contributed by atoms with E-state index >= 15 is 0 Å². The first kappa shape index (κ1) is 14.0. The van der Waals surface area contributed by atoms with Crippen molar-refractivity contribution in [2.75, 3.05) is 0 Å². The largest absolute Gasteiger partial charge is 0.306 e. The van der Waals surface area contributed by atoms with Crippen LogP contribution in [0.2, 0.25) is 5.02 Å². The zero-order chi connectivity index (χ0) is 14.0. The van der Waals surface area contributed by atoms with Crippen molar-refractivity contribution >= 4 is 11.6 Å². The van der Waals surface area contributed by atoms with Gasteiger partial charge in [0.05, 0.1) is 10.7 Å². The second-order valence-corrected chi connectivity index (χ2v) is 5.92. The third-order valence-corrected chi connectivity index (χ3v) is 2.95. The number of aromatic nitrogens is 2. The van der Waals surface area contributed by atoms with Crippen LogP contribution in [0.3, 0.4) is 0 Å². The van der Waals surface area contributed by atoms with Crippen molar-refractivity contribution in [3.63, 3.8) is 0 Å². The fraction of sp³-hybridized carbons (Fsp3) is 0.357. The monoisotopic (exact) mass is 281 g/mol. The lowest BCUT2D eigenvalue weighted by Crippen LogP contribution is -2.35. The van der Waals surface area contributed by atoms with Gasteiger partial charge in [-0.1, -0.05) is 11.6 Å². The van der Waals surface area contributed by atoms with E-state index in [1.54, 1.807) is 12.1 Å². The Balaban J connectivity index is 2.14. The zero-order valence-corrected chi connectivity index (χ0v) is 12.0. The van der Waals surface area contributed by atoms with Gasteiger partial charge in [-0.25, -0.2) is 4.39 Å². The molecule has 102 valence electrons. The number of aromatic amines is 1. The first-order valence-corrected chi connectivity index (χ1v) is 6.48. The highest BCUT2D eigenvalue weighted by molar-refractivity contribution is 6.31. The Morgan fingerprint density at radius 1 is 1.32 bits per heavy atom. The highest BCUT2D eigenvalue weighted by atomic mass is 35.5. The summed E-state index contributed by atoms with van der Waals surface area (Å²) in [6.45, 7) is 7.00. The summed E-state index contributed by atoms with van der Waals surface area (Å²) in [6, 6.07) is 6.52. The van der Waals surface area contributed by atoms with Gasteiger partial charge in [0.1, 0.15) is 5.82 Å². The van der Waals surface area contributed by atoms with Crippen LogP contribution in [0.25, 0.3) is 11.3 Å². The number of hydrogen-bond donors (Lipinski definition) is 2. The van der Waals surface area contributed by atoms with Gasteiger partial charge in [-0.2, -0.15) is 5.10 Å². The van der Waals surface area contributed by atoms with Crippen LogP contribution in [0.5, 0.6) is 0 Å². The number of nitrogens with zero attached hydrogens (tertiary/aromatic N) is 1. The molecule has 1 aromatic heterocycles. The molecule has 2 aromatic rings. The normalized spacial score (nSPS) is 11.8. The summed E-state index contributed by atoms with van der Waals surface area (Å²) in [5.41, 5.74) is 2.58. The van der Waals surface area contributed by atoms with Gasteiger partial charge in [0.25, 0.3) is 0 Å². The van der Waals surface area contributed by atoms with E-state index in [1.807, 2.05) is 6.07 Å². The van der Waals surface area contributed by atoms with Crippen LogP contribution in [-0.4, -0.2) is 15.7 Å². The van der Waals surface area contributed by atoms with Gasteiger partial charge in [0.15, 0.2) is 0 Å². The van der Waals surface area contributed by atoms with Gasteiger partial charge in [-0.3, -0.25) is 5.10 Å². The summed E-state index contributed by atoms with van der Waals surface area (Å²) in [7, 11) is 0. The van der Waals surface area contributed by atoms with Crippen molar-refractivity contribution in [3.05, 3.63) is 40.8 Å². The first-order valence-electron chi connectivity index (χ1n) is 6.10. The standard InChI is InChI=1S/C14H17ClFN3/c1-14(2,3)17-8-10-7-13(19-18-10)9-4-5-12(16)11(15)6-9/h4-7,17H,8H2,1-3H3,(H,18,19). The zero-order valence-electron chi connectivity index (χ0n) is 11.2. The molecule has 0 bridgehead atoms. The van der Waals surface area contributed by atoms with E-state index in [1.165, 1.54) is 6.07 Å². The van der Waals surface area contributed by atoms with Crippen molar-refractivity contribution in [2.24, 2.45) is 0 Å². The van der Waals surface area contributed by atoms with Gasteiger partial charge >= 0.3 is 0 Å². The van der Waals surface area contributed by atoms with Gasteiger partial charge in [-0.15, -0.1) is 0 Å². The minimum atomic E-state index is -0.421. The first-order chi connectivity index (χ1) is 8.85. The maximum absolute atomic E-state index is 13.1. The predicted octanol–water partition coefficient (Wildman–Crippen LogP) is 3.76. The van der Waals surface area contributed by atoms with E-state index in [0.717, 1.165) is 17.0 Å². The SMILES string of the molecule is CC(C)(C)NCc1cc(-c2ccc(F)c(Cl)c2)n[nH]1. The van der Waals surface area contributed by atoms with Gasteiger partial charge in [-0.05, 0) is 45.0 Å². The van der Waals surface area contributed by atoms with Crippen LogP contribution < -0.4 is 5.32 Å². The summed E-state index contributed by atoms with van der Waals surface area (Å²) in [5, 5.41) is 10.6. The molecule has 0 unspecified atom stereocenters. The fourth-order valence-corrected chi connectivity index (χ4v) is 1.80. The molecule has 0 amide bonds. The van der Waals surface area contributed by atoms with E-state index in [2.05, 4.69) is 36.3 Å². The van der Waals surface area contributed by atoms with E-state index in [0.29, 0.717) is 6.54 Å². The van der Waals surface area contributed by atoms with Crippen LogP contribution in [-0.2, 0) is 6.54 Å². The summed E-state index contributed by atoms with van der Waals surface area (Å²) in [5.74, 6) is -0.421. The third-order valence-electron chi connectivity index (χ3n) is 2.66. The topological polar surface area (TPSA) is 40.7 Å². The average Bonchev–Trinajstić information content (AvgIpc) is 2.78. The van der Waals surface area contributed by atoms with Crippen LogP contribution >= 0.6 is 11.6 Å². The molecule has 0 aliphatic heterocycles. The average molecular weight is 282 g/mol. The molecule has 0 saturated heterocycles. The summed E-state index contributed by atoms with van der Waals surface area (Å²) >= 11 is 5.77. The molecule has 0 aliphatic carbocycles. The quantitative estimate of drug-likeness (QED) is 0.899. The number of nitrogens with one attached hydrogen (secondary N) is 2. The molecule has 1 heterocycles. The lowest BCUT2D eigenvalue weighted by atomic mass is 10.1. The van der Waals surface area contributed by atoms with Gasteiger partial charge < -0.3 is 5.32 Å². The lowest BCUT2D eigenvalue weighted by Gasteiger charge is -2.19. The van der Waals surface area contributed by atoms with Gasteiger partial charge in [0, 0.05) is 23.3 Å². The predicted molar refractivity (Wildman–Crippen MR) is 75.6 cm³/mol. The molecule has 0 aliphatic rings. The Bertz CT molecular complexity index is 572. The minimum absolute atomic E-state index is 0.0461. The minimum Gasteiger partial charge on any atom is -0.306 e. The molecule has 5 heteroatoms. The molecule has 2 N–H and O–H groups in total. The molecule has 2 rings (SSSR count). The van der Waals surface area contributed by atoms with Crippen molar-refractivity contribution in [1.82, 2.24) is 15.5 Å². The maximum atomic E-state index is 13.1. The Morgan fingerprint density at radius 2 is 2.05 bits per heavy atom. The molecule has 1 aromatic carbocycles. The summed E-state index contributed by atoms with van der Waals surface area (Å²) in [4.78, 5) is 0. The van der Waals surface area contributed by atoms with E-state index < -0.39 is 5.82 Å². The number of benzene rings is 1. The molecule has 19 heavy (non-hydrogen) atoms. The van der Waals surface area contributed by atoms with Crippen LogP contribution in [0.15, 0.2) is 24.3 Å². The van der Waals surface area contributed by atoms with E-state index in [4.69, 9.17) is 11.6 Å². The molecular weight excluding hydrogens is 265 g/mol. The maximum Gasteiger partial charge on any atom is 0.141 e. The summed E-state index contributed by atoms with van der Waals surface area (Å²) in [6.07, 6.45) is 0. The van der Waals surface area contributed by atoms with Crippen LogP contribution in [0.4, 0.5) is 4.39 Å². The van der Waals surface area contributed by atoms with Crippen molar-refractivity contribution in [1.29, 1.82) is 0 Å². The Hall–Kier alpha value is -1.39. The molecule has 0 radical (unpaired) electrons. The lowest BCUT2D eigenvalue weighted by molar-refractivity contribution is 0.421.